The molecule has 1 amide bonds. The number of ether oxygens (including phenoxy) is 1. The normalized spacial score (nSPS) is 10.0. The van der Waals surface area contributed by atoms with Crippen LogP contribution in [0.5, 0.6) is 5.75 Å². The van der Waals surface area contributed by atoms with Gasteiger partial charge in [-0.1, -0.05) is 23.2 Å². The highest BCUT2D eigenvalue weighted by Crippen LogP contribution is 2.24. The third-order valence-electron chi connectivity index (χ3n) is 2.54. The number of carbonyl (C=O) groups excluding carboxylic acids is 2. The second kappa shape index (κ2) is 6.61. The highest BCUT2D eigenvalue weighted by molar-refractivity contribution is 6.31. The van der Waals surface area contributed by atoms with Crippen molar-refractivity contribution in [3.8, 4) is 5.75 Å². The molecule has 0 unspecified atom stereocenters. The number of anilines is 1. The van der Waals surface area contributed by atoms with Crippen molar-refractivity contribution in [1.82, 2.24) is 0 Å². The maximum absolute atomic E-state index is 12.3. The van der Waals surface area contributed by atoms with Crippen LogP contribution in [0, 0.1) is 0 Å². The van der Waals surface area contributed by atoms with Crippen LogP contribution in [0.25, 0.3) is 0 Å². The summed E-state index contributed by atoms with van der Waals surface area (Å²) in [5.41, 5.74) is 0.741. The zero-order valence-corrected chi connectivity index (χ0v) is 12.5. The van der Waals surface area contributed by atoms with Crippen molar-refractivity contribution >= 4 is 40.8 Å². The van der Waals surface area contributed by atoms with E-state index in [4.69, 9.17) is 27.9 Å². The van der Waals surface area contributed by atoms with E-state index in [1.54, 1.807) is 30.3 Å². The summed E-state index contributed by atoms with van der Waals surface area (Å²) in [4.78, 5) is 23.3. The molecule has 0 saturated heterocycles. The minimum Gasteiger partial charge on any atom is -0.426 e. The topological polar surface area (TPSA) is 55.4 Å². The molecule has 0 aliphatic carbocycles. The summed E-state index contributed by atoms with van der Waals surface area (Å²) in [5, 5.41) is 3.61. The third-order valence-corrected chi connectivity index (χ3v) is 3.03. The number of carbonyl (C=O) groups is 2. The van der Waals surface area contributed by atoms with Gasteiger partial charge in [0.25, 0.3) is 5.91 Å². The quantitative estimate of drug-likeness (QED) is 0.681. The molecule has 0 atom stereocenters. The summed E-state index contributed by atoms with van der Waals surface area (Å²) >= 11 is 11.7. The van der Waals surface area contributed by atoms with E-state index in [-0.39, 0.29) is 11.3 Å². The molecule has 4 nitrogen and oxygen atoms in total. The van der Waals surface area contributed by atoms with Crippen LogP contribution in [0.1, 0.15) is 17.3 Å². The molecule has 1 N–H and O–H groups in total. The summed E-state index contributed by atoms with van der Waals surface area (Å²) in [6, 6.07) is 11.1. The predicted octanol–water partition coefficient (Wildman–Crippen LogP) is 4.17. The zero-order valence-electron chi connectivity index (χ0n) is 11.0. The first-order valence-corrected chi connectivity index (χ1v) is 6.76. The molecule has 0 aromatic heterocycles. The molecule has 0 saturated carbocycles. The number of hydrogen-bond donors (Lipinski definition) is 1. The van der Waals surface area contributed by atoms with Crippen molar-refractivity contribution in [2.75, 3.05) is 5.32 Å². The van der Waals surface area contributed by atoms with Crippen molar-refractivity contribution in [2.45, 2.75) is 6.92 Å². The van der Waals surface area contributed by atoms with Crippen LogP contribution >= 0.6 is 23.2 Å². The Bertz CT molecular complexity index is 684. The fourth-order valence-electron chi connectivity index (χ4n) is 1.66. The maximum Gasteiger partial charge on any atom is 0.308 e. The monoisotopic (exact) mass is 323 g/mol. The lowest BCUT2D eigenvalue weighted by Gasteiger charge is -2.10. The molecule has 0 bridgehead atoms. The molecule has 0 heterocycles. The smallest absolute Gasteiger partial charge is 0.308 e. The number of esters is 1. The minimum absolute atomic E-state index is 0.151. The SMILES string of the molecule is CC(=O)Oc1ccc(Cl)cc1C(=O)Nc1ccc(Cl)cc1. The lowest BCUT2D eigenvalue weighted by molar-refractivity contribution is -0.131. The molecule has 2 aromatic carbocycles. The number of hydrogen-bond acceptors (Lipinski definition) is 3. The lowest BCUT2D eigenvalue weighted by Crippen LogP contribution is -2.14. The fraction of sp³-hybridized carbons (Fsp3) is 0.0667. The van der Waals surface area contributed by atoms with Crippen molar-refractivity contribution in [3.63, 3.8) is 0 Å². The molecule has 0 fully saturated rings. The molecule has 6 heteroatoms. The molecule has 2 rings (SSSR count). The Morgan fingerprint density at radius 3 is 2.24 bits per heavy atom. The molecule has 0 spiro atoms. The number of benzene rings is 2. The molecular formula is C15H11Cl2NO3. The van der Waals surface area contributed by atoms with E-state index in [9.17, 15) is 9.59 Å². The van der Waals surface area contributed by atoms with Gasteiger partial charge in [0.1, 0.15) is 5.75 Å². The van der Waals surface area contributed by atoms with Crippen LogP contribution < -0.4 is 10.1 Å². The lowest BCUT2D eigenvalue weighted by atomic mass is 10.2. The zero-order chi connectivity index (χ0) is 15.4. The summed E-state index contributed by atoms with van der Waals surface area (Å²) in [6.45, 7) is 1.26. The van der Waals surface area contributed by atoms with Crippen LogP contribution in [0.3, 0.4) is 0 Å². The summed E-state index contributed by atoms with van der Waals surface area (Å²) in [5.74, 6) is -0.799. The molecule has 2 aromatic rings. The molecule has 0 aliphatic rings. The highest BCUT2D eigenvalue weighted by Gasteiger charge is 2.15. The standard InChI is InChI=1S/C15H11Cl2NO3/c1-9(19)21-14-7-4-11(17)8-13(14)15(20)18-12-5-2-10(16)3-6-12/h2-8H,1H3,(H,18,20). The van der Waals surface area contributed by atoms with E-state index in [2.05, 4.69) is 5.32 Å². The van der Waals surface area contributed by atoms with E-state index in [1.165, 1.54) is 19.1 Å². The summed E-state index contributed by atoms with van der Waals surface area (Å²) in [6.07, 6.45) is 0. The predicted molar refractivity (Wildman–Crippen MR) is 82.2 cm³/mol. The first-order valence-electron chi connectivity index (χ1n) is 6.00. The highest BCUT2D eigenvalue weighted by atomic mass is 35.5. The summed E-state index contributed by atoms with van der Waals surface area (Å²) < 4.78 is 5.00. The number of amides is 1. The Hall–Kier alpha value is -2.04. The Morgan fingerprint density at radius 2 is 1.62 bits per heavy atom. The van der Waals surface area contributed by atoms with Gasteiger partial charge in [0.15, 0.2) is 0 Å². The van der Waals surface area contributed by atoms with Gasteiger partial charge in [-0.25, -0.2) is 0 Å². The average Bonchev–Trinajstić information content (AvgIpc) is 2.43. The van der Waals surface area contributed by atoms with E-state index >= 15 is 0 Å². The number of nitrogens with one attached hydrogen (secondary N) is 1. The van der Waals surface area contributed by atoms with Gasteiger partial charge in [0.05, 0.1) is 5.56 Å². The van der Waals surface area contributed by atoms with Crippen LogP contribution in [0.2, 0.25) is 10.0 Å². The van der Waals surface area contributed by atoms with E-state index in [0.29, 0.717) is 15.7 Å². The van der Waals surface area contributed by atoms with Crippen molar-refractivity contribution < 1.29 is 14.3 Å². The Balaban J connectivity index is 2.27. The molecule has 0 aliphatic heterocycles. The van der Waals surface area contributed by atoms with Crippen molar-refractivity contribution in [2.24, 2.45) is 0 Å². The van der Waals surface area contributed by atoms with Gasteiger partial charge in [0, 0.05) is 22.7 Å². The molecular weight excluding hydrogens is 313 g/mol. The third kappa shape index (κ3) is 4.21. The average molecular weight is 324 g/mol. The van der Waals surface area contributed by atoms with Gasteiger partial charge in [-0.3, -0.25) is 9.59 Å². The van der Waals surface area contributed by atoms with Crippen molar-refractivity contribution in [1.29, 1.82) is 0 Å². The molecule has 21 heavy (non-hydrogen) atoms. The van der Waals surface area contributed by atoms with Gasteiger partial charge < -0.3 is 10.1 Å². The largest absolute Gasteiger partial charge is 0.426 e. The second-order valence-corrected chi connectivity index (χ2v) is 5.07. The van der Waals surface area contributed by atoms with Gasteiger partial charge in [0.2, 0.25) is 0 Å². The van der Waals surface area contributed by atoms with Crippen LogP contribution in [-0.2, 0) is 4.79 Å². The Kier molecular flexibility index (Phi) is 4.83. The summed E-state index contributed by atoms with van der Waals surface area (Å²) in [7, 11) is 0. The van der Waals surface area contributed by atoms with E-state index in [1.807, 2.05) is 0 Å². The van der Waals surface area contributed by atoms with Gasteiger partial charge in [-0.2, -0.15) is 0 Å². The van der Waals surface area contributed by atoms with Gasteiger partial charge >= 0.3 is 5.97 Å². The minimum atomic E-state index is -0.516. The molecule has 0 radical (unpaired) electrons. The van der Waals surface area contributed by atoms with Crippen LogP contribution in [-0.4, -0.2) is 11.9 Å². The molecule has 108 valence electrons. The Labute approximate surface area is 131 Å². The van der Waals surface area contributed by atoms with Crippen molar-refractivity contribution in [3.05, 3.63) is 58.1 Å². The second-order valence-electron chi connectivity index (χ2n) is 4.20. The first-order chi connectivity index (χ1) is 9.95. The van der Waals surface area contributed by atoms with Crippen LogP contribution in [0.4, 0.5) is 5.69 Å². The first kappa shape index (κ1) is 15.4. The maximum atomic E-state index is 12.3. The van der Waals surface area contributed by atoms with E-state index in [0.717, 1.165) is 0 Å². The number of rotatable bonds is 3. The number of halogens is 2. The Morgan fingerprint density at radius 1 is 1.00 bits per heavy atom. The van der Waals surface area contributed by atoms with Gasteiger partial charge in [-0.15, -0.1) is 0 Å². The van der Waals surface area contributed by atoms with E-state index < -0.39 is 11.9 Å². The van der Waals surface area contributed by atoms with Crippen LogP contribution in [0.15, 0.2) is 42.5 Å². The van der Waals surface area contributed by atoms with Gasteiger partial charge in [-0.05, 0) is 42.5 Å². The fourth-order valence-corrected chi connectivity index (χ4v) is 1.95.